The Morgan fingerprint density at radius 3 is 2.00 bits per heavy atom. The molecule has 0 aliphatic carbocycles. The molecular formula is C10H6Cl2N4O7. The van der Waals surface area contributed by atoms with Crippen LogP contribution in [-0.4, -0.2) is 41.2 Å². The van der Waals surface area contributed by atoms with Crippen LogP contribution < -0.4 is 5.69 Å². The zero-order valence-corrected chi connectivity index (χ0v) is 12.4. The molecule has 122 valence electrons. The highest BCUT2D eigenvalue weighted by Gasteiger charge is 2.30. The topological polar surface area (TPSA) is 158 Å². The second-order valence-corrected chi connectivity index (χ2v) is 4.95. The Bertz CT molecular complexity index is 916. The quantitative estimate of drug-likeness (QED) is 0.442. The molecule has 2 aromatic rings. The fourth-order valence-electron chi connectivity index (χ4n) is 2.06. The summed E-state index contributed by atoms with van der Waals surface area (Å²) in [5.41, 5.74) is -2.82. The molecule has 13 heteroatoms. The van der Waals surface area contributed by atoms with Crippen LogP contribution in [0.25, 0.3) is 11.0 Å². The van der Waals surface area contributed by atoms with Crippen molar-refractivity contribution in [1.82, 2.24) is 14.1 Å². The number of carboxylic acid groups (broad SMARTS) is 2. The standard InChI is InChI=1S/C10H6Cl2N4O7/c11-8-6-5(7(16(22)23)9(12)13-8)14(1-3(17)18)10(21)15(6)2-4(19)20/h1-2H2,(H,17,18)(H,19,20). The molecule has 0 unspecified atom stereocenters. The van der Waals surface area contributed by atoms with Crippen LogP contribution in [0, 0.1) is 10.1 Å². The molecule has 0 atom stereocenters. The molecule has 0 bridgehead atoms. The molecule has 2 rings (SSSR count). The maximum atomic E-state index is 12.2. The second kappa shape index (κ2) is 5.85. The minimum absolute atomic E-state index is 0.378. The first kappa shape index (κ1) is 16.7. The number of rotatable bonds is 5. The summed E-state index contributed by atoms with van der Waals surface area (Å²) in [4.78, 5) is 47.8. The molecule has 0 radical (unpaired) electrons. The second-order valence-electron chi connectivity index (χ2n) is 4.24. The van der Waals surface area contributed by atoms with Gasteiger partial charge in [-0.05, 0) is 0 Å². The lowest BCUT2D eigenvalue weighted by Gasteiger charge is -2.03. The number of aliphatic carboxylic acids is 2. The fourth-order valence-corrected chi connectivity index (χ4v) is 2.62. The van der Waals surface area contributed by atoms with E-state index >= 15 is 0 Å². The van der Waals surface area contributed by atoms with Gasteiger partial charge in [0, 0.05) is 0 Å². The van der Waals surface area contributed by atoms with E-state index < -0.39 is 57.2 Å². The summed E-state index contributed by atoms with van der Waals surface area (Å²) in [6.07, 6.45) is 0. The highest BCUT2D eigenvalue weighted by Crippen LogP contribution is 2.34. The minimum Gasteiger partial charge on any atom is -0.480 e. The first-order chi connectivity index (χ1) is 10.6. The first-order valence-electron chi connectivity index (χ1n) is 5.71. The predicted octanol–water partition coefficient (Wildman–Crippen LogP) is 0.582. The summed E-state index contributed by atoms with van der Waals surface area (Å²) in [6.45, 7) is -1.83. The maximum Gasteiger partial charge on any atom is 0.332 e. The summed E-state index contributed by atoms with van der Waals surface area (Å²) in [6, 6.07) is 0. The molecule has 0 amide bonds. The maximum absolute atomic E-state index is 12.2. The van der Waals surface area contributed by atoms with Gasteiger partial charge in [-0.25, -0.2) is 9.78 Å². The Hall–Kier alpha value is -2.66. The van der Waals surface area contributed by atoms with E-state index in [0.717, 1.165) is 0 Å². The van der Waals surface area contributed by atoms with Crippen molar-refractivity contribution < 1.29 is 24.7 Å². The Morgan fingerprint density at radius 1 is 1.09 bits per heavy atom. The van der Waals surface area contributed by atoms with E-state index in [-0.39, 0.29) is 5.52 Å². The third-order valence-corrected chi connectivity index (χ3v) is 3.33. The molecule has 0 aromatic carbocycles. The van der Waals surface area contributed by atoms with E-state index in [2.05, 4.69) is 4.98 Å². The van der Waals surface area contributed by atoms with Crippen LogP contribution in [0.5, 0.6) is 0 Å². The summed E-state index contributed by atoms with van der Waals surface area (Å²) >= 11 is 11.5. The number of nitro groups is 1. The molecule has 0 aliphatic heterocycles. The fraction of sp³-hybridized carbons (Fsp3) is 0.200. The summed E-state index contributed by atoms with van der Waals surface area (Å²) in [5.74, 6) is -2.91. The third kappa shape index (κ3) is 2.83. The van der Waals surface area contributed by atoms with Gasteiger partial charge in [0.15, 0.2) is 10.7 Å². The molecule has 0 fully saturated rings. The van der Waals surface area contributed by atoms with Gasteiger partial charge in [-0.1, -0.05) is 23.2 Å². The van der Waals surface area contributed by atoms with Gasteiger partial charge >= 0.3 is 23.3 Å². The van der Waals surface area contributed by atoms with Gasteiger partial charge in [-0.15, -0.1) is 0 Å². The van der Waals surface area contributed by atoms with E-state index in [1.54, 1.807) is 0 Å². The van der Waals surface area contributed by atoms with Crippen molar-refractivity contribution in [2.45, 2.75) is 13.1 Å². The van der Waals surface area contributed by atoms with Crippen molar-refractivity contribution in [2.24, 2.45) is 0 Å². The molecule has 2 heterocycles. The molecule has 0 saturated heterocycles. The third-order valence-electron chi connectivity index (χ3n) is 2.81. The van der Waals surface area contributed by atoms with Crippen LogP contribution >= 0.6 is 23.2 Å². The monoisotopic (exact) mass is 364 g/mol. The van der Waals surface area contributed by atoms with Gasteiger partial charge in [0.05, 0.1) is 4.92 Å². The van der Waals surface area contributed by atoms with Gasteiger partial charge in [-0.2, -0.15) is 0 Å². The van der Waals surface area contributed by atoms with E-state index in [1.165, 1.54) is 0 Å². The van der Waals surface area contributed by atoms with Crippen LogP contribution in [0.3, 0.4) is 0 Å². The average molecular weight is 365 g/mol. The molecular weight excluding hydrogens is 359 g/mol. The van der Waals surface area contributed by atoms with Crippen molar-refractivity contribution in [3.8, 4) is 0 Å². The van der Waals surface area contributed by atoms with Crippen molar-refractivity contribution in [1.29, 1.82) is 0 Å². The highest BCUT2D eigenvalue weighted by molar-refractivity contribution is 6.37. The van der Waals surface area contributed by atoms with E-state index in [9.17, 15) is 24.5 Å². The summed E-state index contributed by atoms with van der Waals surface area (Å²) in [5, 5.41) is 27.8. The minimum atomic E-state index is -1.47. The number of hydrogen-bond donors (Lipinski definition) is 2. The number of pyridine rings is 1. The molecule has 0 spiro atoms. The molecule has 2 N–H and O–H groups in total. The number of imidazole rings is 1. The van der Waals surface area contributed by atoms with Gasteiger partial charge < -0.3 is 10.2 Å². The number of fused-ring (bicyclic) bond motifs is 1. The first-order valence-corrected chi connectivity index (χ1v) is 6.46. The number of aromatic nitrogens is 3. The van der Waals surface area contributed by atoms with Crippen molar-refractivity contribution in [3.63, 3.8) is 0 Å². The average Bonchev–Trinajstić information content (AvgIpc) is 2.63. The van der Waals surface area contributed by atoms with E-state index in [0.29, 0.717) is 9.13 Å². The van der Waals surface area contributed by atoms with Crippen molar-refractivity contribution in [3.05, 3.63) is 30.9 Å². The number of hydrogen-bond acceptors (Lipinski definition) is 6. The van der Waals surface area contributed by atoms with Gasteiger partial charge in [0.1, 0.15) is 18.6 Å². The number of carbonyl (C=O) groups is 2. The van der Waals surface area contributed by atoms with Crippen molar-refractivity contribution in [2.75, 3.05) is 0 Å². The smallest absolute Gasteiger partial charge is 0.332 e. The Balaban J connectivity index is 3.05. The Labute approximate surface area is 135 Å². The zero-order valence-electron chi connectivity index (χ0n) is 10.9. The number of halogens is 2. The lowest BCUT2D eigenvalue weighted by atomic mass is 10.3. The van der Waals surface area contributed by atoms with E-state index in [1.807, 2.05) is 0 Å². The largest absolute Gasteiger partial charge is 0.480 e. The number of carboxylic acids is 2. The molecule has 0 saturated carbocycles. The van der Waals surface area contributed by atoms with Crippen LogP contribution in [0.2, 0.25) is 10.3 Å². The van der Waals surface area contributed by atoms with Crippen LogP contribution in [-0.2, 0) is 22.7 Å². The van der Waals surface area contributed by atoms with Gasteiger partial charge in [0.2, 0.25) is 5.15 Å². The van der Waals surface area contributed by atoms with Crippen LogP contribution in [0.4, 0.5) is 5.69 Å². The summed E-state index contributed by atoms with van der Waals surface area (Å²) < 4.78 is 1.09. The lowest BCUT2D eigenvalue weighted by Crippen LogP contribution is -2.29. The highest BCUT2D eigenvalue weighted by atomic mass is 35.5. The molecule has 11 nitrogen and oxygen atoms in total. The summed E-state index contributed by atoms with van der Waals surface area (Å²) in [7, 11) is 0. The Kier molecular flexibility index (Phi) is 4.25. The predicted molar refractivity (Wildman–Crippen MR) is 75.9 cm³/mol. The van der Waals surface area contributed by atoms with Crippen LogP contribution in [0.1, 0.15) is 0 Å². The SMILES string of the molecule is O=C(O)Cn1c(=O)n(CC(=O)O)c2c([N+](=O)[O-])c(Cl)nc(Cl)c21. The van der Waals surface area contributed by atoms with E-state index in [4.69, 9.17) is 33.4 Å². The molecule has 2 aromatic heterocycles. The van der Waals surface area contributed by atoms with Crippen molar-refractivity contribution >= 4 is 51.9 Å². The Morgan fingerprint density at radius 2 is 1.57 bits per heavy atom. The number of nitrogens with zero attached hydrogens (tertiary/aromatic N) is 4. The van der Waals surface area contributed by atoms with Crippen LogP contribution in [0.15, 0.2) is 4.79 Å². The van der Waals surface area contributed by atoms with Gasteiger partial charge in [0.25, 0.3) is 0 Å². The molecule has 0 aliphatic rings. The molecule has 23 heavy (non-hydrogen) atoms. The lowest BCUT2D eigenvalue weighted by molar-refractivity contribution is -0.383. The zero-order chi connectivity index (χ0) is 17.5. The van der Waals surface area contributed by atoms with Gasteiger partial charge in [-0.3, -0.25) is 28.8 Å². The normalized spacial score (nSPS) is 10.9.